The fourth-order valence-electron chi connectivity index (χ4n) is 24.1. The van der Waals surface area contributed by atoms with E-state index >= 15 is 0 Å². The molecule has 0 bridgehead atoms. The van der Waals surface area contributed by atoms with Crippen LogP contribution in [0.5, 0.6) is 0 Å². The van der Waals surface area contributed by atoms with E-state index in [9.17, 15) is 0 Å². The predicted molar refractivity (Wildman–Crippen MR) is 617 cm³/mol. The fourth-order valence-corrected chi connectivity index (χ4v) is 27.3. The van der Waals surface area contributed by atoms with Crippen molar-refractivity contribution in [3.8, 4) is 33.4 Å². The lowest BCUT2D eigenvalue weighted by Crippen LogP contribution is -2.44. The first kappa shape index (κ1) is 94.1. The highest BCUT2D eigenvalue weighted by Gasteiger charge is 2.36. The Morgan fingerprint density at radius 2 is 0.600 bits per heavy atom. The first-order valence-electron chi connectivity index (χ1n) is 50.8. The van der Waals surface area contributed by atoms with Crippen LogP contribution in [-0.4, -0.2) is 20.6 Å². The third kappa shape index (κ3) is 16.6. The minimum atomic E-state index is -2.25. The highest BCUT2D eigenvalue weighted by atomic mass is 32.2. The average molecular weight is 1860 g/mol. The van der Waals surface area contributed by atoms with Crippen molar-refractivity contribution < 1.29 is 0 Å². The Kier molecular flexibility index (Phi) is 24.8. The van der Waals surface area contributed by atoms with E-state index in [2.05, 4.69) is 512 Å². The molecule has 1 aliphatic rings. The molecular formula is C134H135N4SSi+. The Morgan fingerprint density at radius 3 is 0.929 bits per heavy atom. The minimum absolute atomic E-state index is 0.0553. The summed E-state index contributed by atoms with van der Waals surface area (Å²) < 4.78 is 0. The molecule has 1 unspecified atom stereocenters. The lowest BCUT2D eigenvalue weighted by molar-refractivity contribution is 0.406. The van der Waals surface area contributed by atoms with Crippen LogP contribution in [0.2, 0.25) is 13.1 Å². The van der Waals surface area contributed by atoms with Gasteiger partial charge in [0, 0.05) is 83.9 Å². The second kappa shape index (κ2) is 36.9. The van der Waals surface area contributed by atoms with Gasteiger partial charge in [-0.25, -0.2) is 0 Å². The lowest BCUT2D eigenvalue weighted by atomic mass is 9.69. The number of para-hydroxylation sites is 2. The molecule has 19 aromatic rings. The van der Waals surface area contributed by atoms with Gasteiger partial charge >= 0.3 is 0 Å². The largest absolute Gasteiger partial charge is 0.310 e. The van der Waals surface area contributed by atoms with Gasteiger partial charge in [0.05, 0.1) is 30.8 Å². The summed E-state index contributed by atoms with van der Waals surface area (Å²) in [5, 5.41) is 16.9. The Labute approximate surface area is 836 Å². The van der Waals surface area contributed by atoms with Crippen LogP contribution in [0.4, 0.5) is 68.2 Å². The maximum atomic E-state index is 2.64. The van der Waals surface area contributed by atoms with E-state index in [1.807, 2.05) is 0 Å². The zero-order valence-electron chi connectivity index (χ0n) is 86.9. The van der Waals surface area contributed by atoms with Gasteiger partial charge in [-0.2, -0.15) is 0 Å². The van der Waals surface area contributed by atoms with Crippen molar-refractivity contribution >= 4 is 157 Å². The average Bonchev–Trinajstić information content (AvgIpc) is 0.705. The fraction of sp³-hybridized carbons (Fsp3) is 0.239. The lowest BCUT2D eigenvalue weighted by Gasteiger charge is -2.37. The summed E-state index contributed by atoms with van der Waals surface area (Å²) in [4.78, 5) is 11.8. The maximum absolute atomic E-state index is 2.64. The zero-order valence-corrected chi connectivity index (χ0v) is 88.7. The molecule has 0 heterocycles. The normalized spacial score (nSPS) is 13.5. The Bertz CT molecular complexity index is 8060. The van der Waals surface area contributed by atoms with Crippen LogP contribution in [0.15, 0.2) is 332 Å². The number of hydrogen-bond acceptors (Lipinski definition) is 4. The molecule has 6 heteroatoms. The molecule has 140 heavy (non-hydrogen) atoms. The zero-order chi connectivity index (χ0) is 98.2. The van der Waals surface area contributed by atoms with Gasteiger partial charge < -0.3 is 19.6 Å². The predicted octanol–water partition coefficient (Wildman–Crippen LogP) is 38.5. The monoisotopic (exact) mass is 1860 g/mol. The molecule has 0 saturated carbocycles. The number of rotatable bonds is 24. The molecule has 0 radical (unpaired) electrons. The van der Waals surface area contributed by atoms with Gasteiger partial charge in [0.15, 0.2) is 4.90 Å². The van der Waals surface area contributed by atoms with Gasteiger partial charge in [-0.3, -0.25) is 0 Å². The molecule has 20 rings (SSSR count). The molecule has 0 N–H and O–H groups in total. The Hall–Kier alpha value is -13.5. The van der Waals surface area contributed by atoms with Crippen LogP contribution in [-0.2, 0) is 16.9 Å². The Balaban J connectivity index is 0.694. The number of aryl methyl sites for hydroxylation is 10. The summed E-state index contributed by atoms with van der Waals surface area (Å²) >= 11 is 0. The van der Waals surface area contributed by atoms with E-state index in [0.717, 1.165) is 28.8 Å². The number of nitrogens with zero attached hydrogens (tertiary/aromatic N) is 4. The molecule has 0 aliphatic heterocycles. The third-order valence-electron chi connectivity index (χ3n) is 31.1. The van der Waals surface area contributed by atoms with Crippen molar-refractivity contribution in [3.05, 3.63) is 416 Å². The summed E-state index contributed by atoms with van der Waals surface area (Å²) in [6, 6.07) is 120. The highest BCUT2D eigenvalue weighted by Crippen LogP contribution is 2.58. The number of hydrogen-bond donors (Lipinski definition) is 0. The molecule has 0 spiro atoms. The Morgan fingerprint density at radius 1 is 0.293 bits per heavy atom. The van der Waals surface area contributed by atoms with Gasteiger partial charge in [0.25, 0.3) is 0 Å². The topological polar surface area (TPSA) is 13.0 Å². The quantitative estimate of drug-likeness (QED) is 0.0340. The van der Waals surface area contributed by atoms with Crippen LogP contribution >= 0.6 is 0 Å². The number of benzene rings is 19. The van der Waals surface area contributed by atoms with E-state index < -0.39 is 8.07 Å². The molecule has 19 aromatic carbocycles. The van der Waals surface area contributed by atoms with E-state index in [1.165, 1.54) is 248 Å². The molecule has 0 saturated heterocycles. The van der Waals surface area contributed by atoms with Crippen molar-refractivity contribution in [2.75, 3.05) is 32.1 Å². The van der Waals surface area contributed by atoms with Gasteiger partial charge in [0.1, 0.15) is 12.5 Å². The van der Waals surface area contributed by atoms with Gasteiger partial charge in [-0.15, -0.1) is 0 Å². The van der Waals surface area contributed by atoms with Gasteiger partial charge in [0.2, 0.25) is 0 Å². The summed E-state index contributed by atoms with van der Waals surface area (Å²) in [7, 11) is -2.16. The summed E-state index contributed by atoms with van der Waals surface area (Å²) in [6.07, 6.45) is 11.6. The van der Waals surface area contributed by atoms with Crippen molar-refractivity contribution in [3.63, 3.8) is 0 Å². The molecular weight excluding hydrogens is 1730 g/mol. The maximum Gasteiger partial charge on any atom is 0.154 e. The van der Waals surface area contributed by atoms with E-state index in [-0.39, 0.29) is 45.9 Å². The molecule has 1 atom stereocenters. The molecule has 0 amide bonds. The van der Waals surface area contributed by atoms with Gasteiger partial charge in [-0.1, -0.05) is 305 Å². The molecule has 1 aliphatic carbocycles. The van der Waals surface area contributed by atoms with Crippen molar-refractivity contribution in [2.45, 2.75) is 199 Å². The second-order valence-corrected chi connectivity index (χ2v) is 50.1. The molecule has 4 nitrogen and oxygen atoms in total. The first-order valence-corrected chi connectivity index (χ1v) is 56.1. The van der Waals surface area contributed by atoms with E-state index in [1.54, 1.807) is 0 Å². The minimum Gasteiger partial charge on any atom is -0.310 e. The highest BCUT2D eigenvalue weighted by molar-refractivity contribution is 7.95. The summed E-state index contributed by atoms with van der Waals surface area (Å²) in [5.74, 6) is 1.12. The number of anilines is 12. The first-order chi connectivity index (χ1) is 67.1. The van der Waals surface area contributed by atoms with Crippen molar-refractivity contribution in [1.29, 1.82) is 0 Å². The smallest absolute Gasteiger partial charge is 0.154 e. The molecule has 700 valence electrons. The SMILES string of the molecule is CC1=CC=CC(C)(C)C1c1ccc(C)c(N(c2ccccc2)c2cc(C(C)C)c3ccc4c(N(c5ccccc5)c5cc(-c6c(C)cc(C[Si](C)(C)c7ccc(N(c8cc(-c9c(C)cccc9C)ccc8C)c8cc(C(C)C)c9ccc%10c(N(c%11ccc([S+](C)C)cc%11)c%11cc(-c%12c(C)cccc%12C)ccc%11C)cc(C(C)C)c%11ccc8c9c%11%10)cc7)cc6C)ccc5C)cc(C(C)C)c5ccc2c3c54)c1. The molecule has 0 aromatic heterocycles. The standard InChI is InChI=1S/C134H135N4SSi/c1-80(2)114-75-122(110-64-60-107-115(81(3)4)76-123(111-65-61-106(114)129(110)130(107)111)136(101-42-30-27-31-43-101)121-74-99(51-47-87(121)12)133-92(17)39-34-68-134(133,20)21)135(100-40-28-26-29-41-100)118-73-98(50-46-84(118)9)128-93(18)69-95(70-94(128)19)79-140(24,25)105-58-54-103(55-59-105)138(120-72-97(49-45-86(120)11)127-90(15)37-33-38-91(127)16)125-78-117(83(7)8)109-62-66-112-124(77-116(82(5)6)108-63-67-113(125)132(109)131(108)112)137(102-52-56-104(57-53-102)139(22)23)119-71-96(48-44-85(119)10)126-88(13)35-32-36-89(126)14/h26-78,80-83,133H,79H2,1-25H3/q+1. The second-order valence-electron chi connectivity index (χ2n) is 43.3. The van der Waals surface area contributed by atoms with Crippen LogP contribution < -0.4 is 24.8 Å². The summed E-state index contributed by atoms with van der Waals surface area (Å²) in [6.45, 7) is 54.3. The number of allylic oxidation sites excluding steroid dienone is 4. The van der Waals surface area contributed by atoms with Gasteiger partial charge in [-0.05, 0) is 386 Å². The third-order valence-corrected chi connectivity index (χ3v) is 35.5. The van der Waals surface area contributed by atoms with Crippen LogP contribution in [0.3, 0.4) is 0 Å². The van der Waals surface area contributed by atoms with Crippen LogP contribution in [0.25, 0.3) is 98.0 Å². The summed E-state index contributed by atoms with van der Waals surface area (Å²) in [5.41, 5.74) is 43.5. The van der Waals surface area contributed by atoms with Crippen LogP contribution in [0, 0.1) is 74.7 Å². The van der Waals surface area contributed by atoms with Crippen molar-refractivity contribution in [1.82, 2.24) is 0 Å². The molecule has 0 fully saturated rings. The van der Waals surface area contributed by atoms with Crippen LogP contribution in [0.1, 0.15) is 195 Å². The van der Waals surface area contributed by atoms with E-state index in [4.69, 9.17) is 0 Å². The van der Waals surface area contributed by atoms with E-state index in [0.29, 0.717) is 0 Å². The van der Waals surface area contributed by atoms with Crippen molar-refractivity contribution in [2.24, 2.45) is 5.41 Å².